The van der Waals surface area contributed by atoms with Gasteiger partial charge in [0.25, 0.3) is 0 Å². The summed E-state index contributed by atoms with van der Waals surface area (Å²) in [5.41, 5.74) is 0.713. The van der Waals surface area contributed by atoms with Gasteiger partial charge in [-0.25, -0.2) is 18.2 Å². The van der Waals surface area contributed by atoms with Gasteiger partial charge in [-0.1, -0.05) is 0 Å². The summed E-state index contributed by atoms with van der Waals surface area (Å²) in [5.74, 6) is -2.38. The van der Waals surface area contributed by atoms with Crippen molar-refractivity contribution in [3.8, 4) is 5.75 Å². The first-order chi connectivity index (χ1) is 14.9. The Labute approximate surface area is 177 Å². The number of ether oxygens (including phenoxy) is 1. The smallest absolute Gasteiger partial charge is 0.249 e. The molecule has 3 aliphatic rings. The number of benzene rings is 1. The topological polar surface area (TPSA) is 70.6 Å². The third kappa shape index (κ3) is 3.53. The van der Waals surface area contributed by atoms with Gasteiger partial charge in [0.2, 0.25) is 11.9 Å². The molecule has 5 rings (SSSR count). The van der Waals surface area contributed by atoms with E-state index in [-0.39, 0.29) is 23.8 Å². The molecule has 31 heavy (non-hydrogen) atoms. The number of carbonyl (C=O) groups excluding carboxylic acids is 1. The first-order valence-electron chi connectivity index (χ1n) is 10.4. The summed E-state index contributed by atoms with van der Waals surface area (Å²) in [6.45, 7) is 1.43. The zero-order chi connectivity index (χ0) is 21.7. The number of halogens is 3. The average Bonchev–Trinajstić information content (AvgIpc) is 3.22. The van der Waals surface area contributed by atoms with Crippen molar-refractivity contribution in [3.05, 3.63) is 35.8 Å². The minimum absolute atomic E-state index is 0.00957. The molecule has 0 unspecified atom stereocenters. The molecule has 3 heterocycles. The lowest BCUT2D eigenvalue weighted by molar-refractivity contribution is -0.119. The maximum atomic E-state index is 13.3. The van der Waals surface area contributed by atoms with Crippen LogP contribution in [0, 0.1) is 23.4 Å². The van der Waals surface area contributed by atoms with Gasteiger partial charge in [0.15, 0.2) is 23.3 Å². The molecule has 0 spiro atoms. The lowest BCUT2D eigenvalue weighted by Crippen LogP contribution is -2.49. The number of amides is 1. The van der Waals surface area contributed by atoms with Gasteiger partial charge < -0.3 is 19.9 Å². The van der Waals surface area contributed by atoms with Crippen LogP contribution in [0.4, 0.5) is 30.6 Å². The summed E-state index contributed by atoms with van der Waals surface area (Å²) < 4.78 is 45.2. The third-order valence-electron chi connectivity index (χ3n) is 6.25. The molecule has 164 valence electrons. The summed E-state index contributed by atoms with van der Waals surface area (Å²) in [7, 11) is 1.75. The third-order valence-corrected chi connectivity index (χ3v) is 6.25. The van der Waals surface area contributed by atoms with E-state index in [9.17, 15) is 18.0 Å². The van der Waals surface area contributed by atoms with Crippen molar-refractivity contribution >= 4 is 23.4 Å². The number of nitrogens with one attached hydrogen (secondary N) is 1. The van der Waals surface area contributed by atoms with Crippen LogP contribution in [0.5, 0.6) is 5.75 Å². The molecule has 1 N–H and O–H groups in total. The molecule has 10 heteroatoms. The van der Waals surface area contributed by atoms with Crippen LogP contribution in [0.2, 0.25) is 0 Å². The van der Waals surface area contributed by atoms with Crippen molar-refractivity contribution in [1.29, 1.82) is 0 Å². The van der Waals surface area contributed by atoms with Crippen molar-refractivity contribution in [3.63, 3.8) is 0 Å². The Morgan fingerprint density at radius 3 is 2.71 bits per heavy atom. The van der Waals surface area contributed by atoms with E-state index in [1.54, 1.807) is 18.1 Å². The van der Waals surface area contributed by atoms with Crippen LogP contribution in [0.3, 0.4) is 0 Å². The fraction of sp³-hybridized carbons (Fsp3) is 0.476. The van der Waals surface area contributed by atoms with E-state index >= 15 is 0 Å². The lowest BCUT2D eigenvalue weighted by Gasteiger charge is -2.37. The number of carbonyl (C=O) groups is 1. The number of nitrogens with zero attached hydrogens (tertiary/aromatic N) is 4. The van der Waals surface area contributed by atoms with Crippen LogP contribution in [-0.4, -0.2) is 48.2 Å². The quantitative estimate of drug-likeness (QED) is 0.731. The Morgan fingerprint density at radius 1 is 1.23 bits per heavy atom. The SMILES string of the molecule is CN1C(=O)[C@@H]2CCCN2c2nc(NC[C@H]3C[C@@H](Oc4cc(F)c(F)c(F)c4)C3)ncc21. The summed E-state index contributed by atoms with van der Waals surface area (Å²) in [6, 6.07) is 1.57. The molecule has 0 radical (unpaired) electrons. The molecule has 1 saturated heterocycles. The average molecular weight is 433 g/mol. The number of hydrogen-bond donors (Lipinski definition) is 1. The molecule has 2 aliphatic heterocycles. The minimum Gasteiger partial charge on any atom is -0.490 e. The second kappa shape index (κ2) is 7.58. The molecule has 1 atom stereocenters. The monoisotopic (exact) mass is 433 g/mol. The van der Waals surface area contributed by atoms with Crippen LogP contribution < -0.4 is 19.9 Å². The van der Waals surface area contributed by atoms with Crippen LogP contribution in [0.1, 0.15) is 25.7 Å². The zero-order valence-electron chi connectivity index (χ0n) is 16.9. The van der Waals surface area contributed by atoms with Crippen LogP contribution in [0.25, 0.3) is 0 Å². The van der Waals surface area contributed by atoms with Gasteiger partial charge in [-0.15, -0.1) is 0 Å². The molecular formula is C21H22F3N5O2. The predicted molar refractivity (Wildman–Crippen MR) is 108 cm³/mol. The molecule has 2 fully saturated rings. The molecule has 1 amide bonds. The van der Waals surface area contributed by atoms with Gasteiger partial charge in [-0.3, -0.25) is 4.79 Å². The standard InChI is InChI=1S/C21H22F3N5O2/c1-28-17-10-26-21(27-19(17)29-4-2-3-16(29)20(28)30)25-9-11-5-12(6-11)31-13-7-14(22)18(24)15(23)8-13/h7-8,10-12,16H,2-6,9H2,1H3,(H,25,26,27)/t11-,12+,16-/m0/s1. The van der Waals surface area contributed by atoms with Crippen LogP contribution in [0.15, 0.2) is 18.3 Å². The molecule has 1 saturated carbocycles. The number of anilines is 3. The first-order valence-corrected chi connectivity index (χ1v) is 10.4. The zero-order valence-corrected chi connectivity index (χ0v) is 16.9. The first kappa shape index (κ1) is 19.9. The van der Waals surface area contributed by atoms with E-state index in [4.69, 9.17) is 4.74 Å². The van der Waals surface area contributed by atoms with E-state index in [1.807, 2.05) is 0 Å². The largest absolute Gasteiger partial charge is 0.490 e. The summed E-state index contributed by atoms with van der Waals surface area (Å²) in [5, 5.41) is 3.24. The maximum Gasteiger partial charge on any atom is 0.249 e. The van der Waals surface area contributed by atoms with Gasteiger partial charge >= 0.3 is 0 Å². The molecule has 0 bridgehead atoms. The number of rotatable bonds is 5. The van der Waals surface area contributed by atoms with Gasteiger partial charge in [0.05, 0.1) is 12.3 Å². The number of hydrogen-bond acceptors (Lipinski definition) is 6. The Hall–Kier alpha value is -3.04. The fourth-order valence-corrected chi connectivity index (χ4v) is 4.48. The fourth-order valence-electron chi connectivity index (χ4n) is 4.48. The number of aromatic nitrogens is 2. The molecule has 7 nitrogen and oxygen atoms in total. The highest BCUT2D eigenvalue weighted by Crippen LogP contribution is 2.38. The molecule has 1 aromatic carbocycles. The molecular weight excluding hydrogens is 411 g/mol. The number of likely N-dealkylation sites (N-methyl/N-ethyl adjacent to an activating group) is 1. The molecule has 1 aliphatic carbocycles. The van der Waals surface area contributed by atoms with Gasteiger partial charge in [-0.05, 0) is 31.6 Å². The summed E-state index contributed by atoms with van der Waals surface area (Å²) in [4.78, 5) is 25.1. The van der Waals surface area contributed by atoms with Crippen LogP contribution >= 0.6 is 0 Å². The van der Waals surface area contributed by atoms with E-state index in [1.165, 1.54) is 0 Å². The Bertz CT molecular complexity index is 1010. The second-order valence-corrected chi connectivity index (χ2v) is 8.31. The maximum absolute atomic E-state index is 13.3. The highest BCUT2D eigenvalue weighted by Gasteiger charge is 2.40. The van der Waals surface area contributed by atoms with Crippen LogP contribution in [-0.2, 0) is 4.79 Å². The normalized spacial score (nSPS) is 24.5. The number of fused-ring (bicyclic) bond motifs is 3. The molecule has 1 aromatic heterocycles. The van der Waals surface area contributed by atoms with Crippen molar-refractivity contribution < 1.29 is 22.7 Å². The van der Waals surface area contributed by atoms with E-state index in [0.717, 1.165) is 37.3 Å². The van der Waals surface area contributed by atoms with Gasteiger partial charge in [0.1, 0.15) is 17.5 Å². The Balaban J connectivity index is 1.17. The van der Waals surface area contributed by atoms with Crippen molar-refractivity contribution in [2.75, 3.05) is 35.3 Å². The lowest BCUT2D eigenvalue weighted by atomic mass is 9.82. The van der Waals surface area contributed by atoms with Gasteiger partial charge in [0, 0.05) is 32.3 Å². The highest BCUT2D eigenvalue weighted by molar-refractivity contribution is 6.04. The van der Waals surface area contributed by atoms with E-state index < -0.39 is 17.5 Å². The summed E-state index contributed by atoms with van der Waals surface area (Å²) in [6.07, 6.45) is 4.68. The van der Waals surface area contributed by atoms with Crippen molar-refractivity contribution in [2.45, 2.75) is 37.8 Å². The summed E-state index contributed by atoms with van der Waals surface area (Å²) >= 11 is 0. The van der Waals surface area contributed by atoms with Gasteiger partial charge in [-0.2, -0.15) is 4.98 Å². The Kier molecular flexibility index (Phi) is 4.86. The second-order valence-electron chi connectivity index (χ2n) is 8.31. The minimum atomic E-state index is -1.50. The van der Waals surface area contributed by atoms with Crippen molar-refractivity contribution in [1.82, 2.24) is 9.97 Å². The predicted octanol–water partition coefficient (Wildman–Crippen LogP) is 3.11. The molecule has 2 aromatic rings. The van der Waals surface area contributed by atoms with E-state index in [0.29, 0.717) is 36.9 Å². The highest BCUT2D eigenvalue weighted by atomic mass is 19.2. The van der Waals surface area contributed by atoms with Crippen molar-refractivity contribution in [2.24, 2.45) is 5.92 Å². The van der Waals surface area contributed by atoms with E-state index in [2.05, 4.69) is 20.2 Å². The Morgan fingerprint density at radius 2 is 1.97 bits per heavy atom.